The SMILES string of the molecule is CCOC(=O)N1CCC(NC(N)=NCCCOCc2ccc(OC)cc2)CC1.I. The Morgan fingerprint density at radius 3 is 2.59 bits per heavy atom. The van der Waals surface area contributed by atoms with Crippen molar-refractivity contribution >= 4 is 36.0 Å². The van der Waals surface area contributed by atoms with Crippen LogP contribution in [0.4, 0.5) is 4.79 Å². The van der Waals surface area contributed by atoms with Gasteiger partial charge in [0, 0.05) is 32.3 Å². The molecule has 0 aliphatic carbocycles. The summed E-state index contributed by atoms with van der Waals surface area (Å²) in [5.41, 5.74) is 7.07. The van der Waals surface area contributed by atoms with Crippen molar-refractivity contribution in [1.29, 1.82) is 0 Å². The maximum atomic E-state index is 11.7. The van der Waals surface area contributed by atoms with E-state index in [1.807, 2.05) is 31.2 Å². The van der Waals surface area contributed by atoms with E-state index in [2.05, 4.69) is 10.3 Å². The first kappa shape index (κ1) is 25.3. The first-order valence-electron chi connectivity index (χ1n) is 9.81. The Kier molecular flexibility index (Phi) is 12.4. The molecule has 1 aromatic rings. The van der Waals surface area contributed by atoms with Gasteiger partial charge in [-0.25, -0.2) is 4.79 Å². The zero-order chi connectivity index (χ0) is 20.2. The molecule has 8 nitrogen and oxygen atoms in total. The van der Waals surface area contributed by atoms with Gasteiger partial charge in [-0.1, -0.05) is 12.1 Å². The lowest BCUT2D eigenvalue weighted by molar-refractivity contribution is 0.0963. The van der Waals surface area contributed by atoms with E-state index in [0.29, 0.717) is 45.4 Å². The number of nitrogens with two attached hydrogens (primary N) is 1. The summed E-state index contributed by atoms with van der Waals surface area (Å²) in [5.74, 6) is 1.29. The summed E-state index contributed by atoms with van der Waals surface area (Å²) >= 11 is 0. The molecule has 2 rings (SSSR count). The number of nitrogens with zero attached hydrogens (tertiary/aromatic N) is 2. The number of halogens is 1. The fraction of sp³-hybridized carbons (Fsp3) is 0.600. The molecule has 3 N–H and O–H groups in total. The highest BCUT2D eigenvalue weighted by atomic mass is 127. The number of carbonyl (C=O) groups is 1. The highest BCUT2D eigenvalue weighted by Crippen LogP contribution is 2.12. The van der Waals surface area contributed by atoms with E-state index in [1.54, 1.807) is 12.0 Å². The summed E-state index contributed by atoms with van der Waals surface area (Å²) in [6.45, 7) is 5.37. The molecule has 0 unspecified atom stereocenters. The number of benzene rings is 1. The van der Waals surface area contributed by atoms with E-state index in [9.17, 15) is 4.79 Å². The minimum absolute atomic E-state index is 0. The van der Waals surface area contributed by atoms with Crippen LogP contribution >= 0.6 is 24.0 Å². The van der Waals surface area contributed by atoms with E-state index in [1.165, 1.54) is 0 Å². The quantitative estimate of drug-likeness (QED) is 0.225. The Balaban J connectivity index is 0.00000420. The van der Waals surface area contributed by atoms with Gasteiger partial charge in [0.15, 0.2) is 5.96 Å². The fourth-order valence-corrected chi connectivity index (χ4v) is 2.95. The van der Waals surface area contributed by atoms with Gasteiger partial charge in [-0.3, -0.25) is 4.99 Å². The zero-order valence-electron chi connectivity index (χ0n) is 17.3. The molecule has 1 saturated heterocycles. The number of aliphatic imine (C=N–C) groups is 1. The maximum Gasteiger partial charge on any atom is 0.409 e. The number of hydrogen-bond donors (Lipinski definition) is 2. The Morgan fingerprint density at radius 2 is 1.97 bits per heavy atom. The van der Waals surface area contributed by atoms with Gasteiger partial charge in [-0.15, -0.1) is 24.0 Å². The van der Waals surface area contributed by atoms with Gasteiger partial charge < -0.3 is 30.2 Å². The predicted molar refractivity (Wildman–Crippen MR) is 124 cm³/mol. The molecule has 1 aliphatic heterocycles. The standard InChI is InChI=1S/C20H32N4O4.HI/c1-3-28-20(25)24-12-9-17(10-13-24)23-19(21)22-11-4-14-27-15-16-5-7-18(26-2)8-6-16;/h5-8,17H,3-4,9-15H2,1-2H3,(H3,21,22,23);1H. The van der Waals surface area contributed by atoms with Crippen LogP contribution < -0.4 is 15.8 Å². The number of methoxy groups -OCH3 is 1. The smallest absolute Gasteiger partial charge is 0.409 e. The van der Waals surface area contributed by atoms with E-state index in [-0.39, 0.29) is 36.1 Å². The van der Waals surface area contributed by atoms with Crippen LogP contribution in [0.1, 0.15) is 31.7 Å². The summed E-state index contributed by atoms with van der Waals surface area (Å²) < 4.78 is 15.8. The second kappa shape index (κ2) is 14.3. The number of carbonyl (C=O) groups excluding carboxylic acids is 1. The zero-order valence-corrected chi connectivity index (χ0v) is 19.6. The van der Waals surface area contributed by atoms with Crippen LogP contribution in [0.2, 0.25) is 0 Å². The largest absolute Gasteiger partial charge is 0.497 e. The van der Waals surface area contributed by atoms with Gasteiger partial charge in [0.25, 0.3) is 0 Å². The van der Waals surface area contributed by atoms with E-state index in [0.717, 1.165) is 30.6 Å². The number of piperidine rings is 1. The minimum Gasteiger partial charge on any atom is -0.497 e. The lowest BCUT2D eigenvalue weighted by atomic mass is 10.1. The van der Waals surface area contributed by atoms with Crippen molar-refractivity contribution in [3.63, 3.8) is 0 Å². The average Bonchev–Trinajstić information content (AvgIpc) is 2.71. The number of hydrogen-bond acceptors (Lipinski definition) is 5. The topological polar surface area (TPSA) is 98.4 Å². The predicted octanol–water partition coefficient (Wildman–Crippen LogP) is 2.75. The second-order valence-electron chi connectivity index (χ2n) is 6.63. The third-order valence-corrected chi connectivity index (χ3v) is 4.53. The number of guanidine groups is 1. The molecule has 29 heavy (non-hydrogen) atoms. The Hall–Kier alpha value is -1.75. The van der Waals surface area contributed by atoms with Gasteiger partial charge >= 0.3 is 6.09 Å². The van der Waals surface area contributed by atoms with Crippen molar-refractivity contribution in [3.05, 3.63) is 29.8 Å². The van der Waals surface area contributed by atoms with Crippen molar-refractivity contribution in [1.82, 2.24) is 10.2 Å². The Bertz CT molecular complexity index is 619. The lowest BCUT2D eigenvalue weighted by Crippen LogP contribution is -2.48. The van der Waals surface area contributed by atoms with Gasteiger partial charge in [-0.05, 0) is 43.9 Å². The Morgan fingerprint density at radius 1 is 1.28 bits per heavy atom. The van der Waals surface area contributed by atoms with Crippen LogP contribution in [-0.2, 0) is 16.1 Å². The summed E-state index contributed by atoms with van der Waals surface area (Å²) in [5, 5.41) is 3.23. The molecule has 1 aromatic carbocycles. The highest BCUT2D eigenvalue weighted by Gasteiger charge is 2.23. The number of nitrogens with one attached hydrogen (secondary N) is 1. The van der Waals surface area contributed by atoms with Gasteiger partial charge in [0.05, 0.1) is 20.3 Å². The molecule has 1 amide bonds. The lowest BCUT2D eigenvalue weighted by Gasteiger charge is -2.31. The third kappa shape index (κ3) is 9.53. The normalized spacial score (nSPS) is 14.8. The van der Waals surface area contributed by atoms with Crippen molar-refractivity contribution < 1.29 is 19.0 Å². The maximum absolute atomic E-state index is 11.7. The molecule has 0 spiro atoms. The van der Waals surface area contributed by atoms with E-state index < -0.39 is 0 Å². The second-order valence-corrected chi connectivity index (χ2v) is 6.63. The minimum atomic E-state index is -0.239. The van der Waals surface area contributed by atoms with Crippen LogP contribution in [0, 0.1) is 0 Å². The third-order valence-electron chi connectivity index (χ3n) is 4.53. The van der Waals surface area contributed by atoms with Crippen molar-refractivity contribution in [2.45, 2.75) is 38.8 Å². The summed E-state index contributed by atoms with van der Waals surface area (Å²) in [4.78, 5) is 17.8. The molecule has 1 fully saturated rings. The molecule has 1 aliphatic rings. The molecular formula is C20H33IN4O4. The molecular weight excluding hydrogens is 487 g/mol. The van der Waals surface area contributed by atoms with Crippen molar-refractivity contribution in [3.8, 4) is 5.75 Å². The van der Waals surface area contributed by atoms with Gasteiger partial charge in [-0.2, -0.15) is 0 Å². The molecule has 164 valence electrons. The number of ether oxygens (including phenoxy) is 3. The van der Waals surface area contributed by atoms with E-state index >= 15 is 0 Å². The summed E-state index contributed by atoms with van der Waals surface area (Å²) in [7, 11) is 1.65. The average molecular weight is 520 g/mol. The molecule has 0 saturated carbocycles. The highest BCUT2D eigenvalue weighted by molar-refractivity contribution is 14.0. The Labute approximate surface area is 190 Å². The van der Waals surface area contributed by atoms with Crippen molar-refractivity contribution in [2.24, 2.45) is 10.7 Å². The summed E-state index contributed by atoms with van der Waals surface area (Å²) in [6, 6.07) is 8.07. The van der Waals surface area contributed by atoms with Crippen LogP contribution in [0.5, 0.6) is 5.75 Å². The monoisotopic (exact) mass is 520 g/mol. The fourth-order valence-electron chi connectivity index (χ4n) is 2.95. The first-order valence-corrected chi connectivity index (χ1v) is 9.81. The van der Waals surface area contributed by atoms with Crippen LogP contribution in [0.3, 0.4) is 0 Å². The molecule has 0 aromatic heterocycles. The summed E-state index contributed by atoms with van der Waals surface area (Å²) in [6.07, 6.45) is 2.23. The van der Waals surface area contributed by atoms with Crippen LogP contribution in [0.25, 0.3) is 0 Å². The number of likely N-dealkylation sites (tertiary alicyclic amines) is 1. The van der Waals surface area contributed by atoms with Gasteiger partial charge in [0.1, 0.15) is 5.75 Å². The van der Waals surface area contributed by atoms with Crippen molar-refractivity contribution in [2.75, 3.05) is 40.0 Å². The number of rotatable bonds is 9. The molecule has 0 atom stereocenters. The van der Waals surface area contributed by atoms with Crippen LogP contribution in [0.15, 0.2) is 29.3 Å². The molecule has 0 radical (unpaired) electrons. The molecule has 0 bridgehead atoms. The molecule has 1 heterocycles. The van der Waals surface area contributed by atoms with Gasteiger partial charge in [0.2, 0.25) is 0 Å². The van der Waals surface area contributed by atoms with Crippen LogP contribution in [-0.4, -0.2) is 63.0 Å². The first-order chi connectivity index (χ1) is 13.6. The number of amides is 1. The molecule has 9 heteroatoms. The van der Waals surface area contributed by atoms with E-state index in [4.69, 9.17) is 19.9 Å².